The Balaban J connectivity index is 1.67. The number of nitrogen functional groups attached to an aromatic ring is 1. The van der Waals surface area contributed by atoms with Gasteiger partial charge in [-0.05, 0) is 35.9 Å². The summed E-state index contributed by atoms with van der Waals surface area (Å²) >= 11 is 0. The lowest BCUT2D eigenvalue weighted by Gasteiger charge is -2.15. The van der Waals surface area contributed by atoms with Gasteiger partial charge in [0.1, 0.15) is 0 Å². The fourth-order valence-electron chi connectivity index (χ4n) is 2.95. The Morgan fingerprint density at radius 2 is 1.52 bits per heavy atom. The molecule has 0 aliphatic rings. The quantitative estimate of drug-likeness (QED) is 0.362. The molecule has 7 heteroatoms. The summed E-state index contributed by atoms with van der Waals surface area (Å²) in [6, 6.07) is 18.4. The van der Waals surface area contributed by atoms with Crippen LogP contribution in [0.1, 0.15) is 5.56 Å². The van der Waals surface area contributed by atoms with Gasteiger partial charge in [-0.15, -0.1) is 0 Å². The number of hydrogen-bond acceptors (Lipinski definition) is 6. The molecule has 0 saturated heterocycles. The van der Waals surface area contributed by atoms with E-state index in [2.05, 4.69) is 10.6 Å². The minimum atomic E-state index is -0.252. The van der Waals surface area contributed by atoms with Gasteiger partial charge in [-0.3, -0.25) is 4.79 Å². The van der Waals surface area contributed by atoms with Crippen molar-refractivity contribution in [3.8, 4) is 17.2 Å². The van der Waals surface area contributed by atoms with E-state index in [4.69, 9.17) is 19.9 Å². The molecule has 1 amide bonds. The van der Waals surface area contributed by atoms with Crippen molar-refractivity contribution in [2.24, 2.45) is 0 Å². The van der Waals surface area contributed by atoms with Crippen LogP contribution in [0.15, 0.2) is 66.7 Å². The van der Waals surface area contributed by atoms with E-state index < -0.39 is 0 Å². The second-order valence-corrected chi connectivity index (χ2v) is 6.57. The average Bonchev–Trinajstić information content (AvgIpc) is 2.79. The maximum Gasteiger partial charge on any atom is 0.248 e. The predicted octanol–water partition coefficient (Wildman–Crippen LogP) is 4.69. The first-order valence-electron chi connectivity index (χ1n) is 9.54. The van der Waals surface area contributed by atoms with Crippen molar-refractivity contribution in [3.63, 3.8) is 0 Å². The molecule has 31 heavy (non-hydrogen) atoms. The molecule has 0 atom stereocenters. The van der Waals surface area contributed by atoms with Crippen molar-refractivity contribution < 1.29 is 19.0 Å². The second kappa shape index (κ2) is 10.1. The zero-order chi connectivity index (χ0) is 22.2. The first-order chi connectivity index (χ1) is 15.0. The van der Waals surface area contributed by atoms with E-state index in [1.165, 1.54) is 6.08 Å². The first-order valence-corrected chi connectivity index (χ1v) is 9.54. The van der Waals surface area contributed by atoms with Crippen molar-refractivity contribution in [1.29, 1.82) is 0 Å². The Labute approximate surface area is 181 Å². The van der Waals surface area contributed by atoms with Crippen molar-refractivity contribution in [2.75, 3.05) is 37.7 Å². The van der Waals surface area contributed by atoms with Crippen LogP contribution >= 0.6 is 0 Å². The smallest absolute Gasteiger partial charge is 0.248 e. The molecule has 0 saturated carbocycles. The number of benzene rings is 3. The van der Waals surface area contributed by atoms with E-state index in [0.717, 1.165) is 16.9 Å². The van der Waals surface area contributed by atoms with Crippen molar-refractivity contribution in [1.82, 2.24) is 0 Å². The standard InChI is InChI=1S/C24H25N3O4/c1-29-21-14-18(15-22(30-2)24(21)31-3)26-17-11-8-16(9-12-17)10-13-23(28)27-20-7-5-4-6-19(20)25/h4-15,26H,25H2,1-3H3,(H,27,28). The van der Waals surface area contributed by atoms with E-state index in [9.17, 15) is 4.79 Å². The summed E-state index contributed by atoms with van der Waals surface area (Å²) < 4.78 is 16.1. The third-order valence-corrected chi connectivity index (χ3v) is 4.51. The van der Waals surface area contributed by atoms with Crippen LogP contribution in [0.25, 0.3) is 6.08 Å². The minimum absolute atomic E-state index is 0.252. The van der Waals surface area contributed by atoms with Gasteiger partial charge in [0, 0.05) is 29.6 Å². The highest BCUT2D eigenvalue weighted by molar-refractivity contribution is 6.03. The lowest BCUT2D eigenvalue weighted by molar-refractivity contribution is -0.111. The maximum atomic E-state index is 12.1. The number of nitrogens with two attached hydrogens (primary N) is 1. The minimum Gasteiger partial charge on any atom is -0.493 e. The molecule has 3 aromatic carbocycles. The van der Waals surface area contributed by atoms with Crippen molar-refractivity contribution in [2.45, 2.75) is 0 Å². The maximum absolute atomic E-state index is 12.1. The van der Waals surface area contributed by atoms with Crippen LogP contribution in [0.2, 0.25) is 0 Å². The second-order valence-electron chi connectivity index (χ2n) is 6.57. The summed E-state index contributed by atoms with van der Waals surface area (Å²) in [6.07, 6.45) is 3.20. The number of methoxy groups -OCH3 is 3. The molecule has 0 unspecified atom stereocenters. The van der Waals surface area contributed by atoms with Gasteiger partial charge in [0.25, 0.3) is 0 Å². The monoisotopic (exact) mass is 419 g/mol. The zero-order valence-corrected chi connectivity index (χ0v) is 17.6. The number of carbonyl (C=O) groups is 1. The van der Waals surface area contributed by atoms with E-state index in [1.54, 1.807) is 39.5 Å². The number of nitrogens with one attached hydrogen (secondary N) is 2. The Kier molecular flexibility index (Phi) is 7.01. The Morgan fingerprint density at radius 3 is 2.10 bits per heavy atom. The van der Waals surface area contributed by atoms with Crippen molar-refractivity contribution in [3.05, 3.63) is 72.3 Å². The molecule has 0 aliphatic carbocycles. The molecule has 0 aliphatic heterocycles. The highest BCUT2D eigenvalue weighted by Crippen LogP contribution is 2.40. The van der Waals surface area contributed by atoms with Crippen LogP contribution in [0, 0.1) is 0 Å². The fourth-order valence-corrected chi connectivity index (χ4v) is 2.95. The van der Waals surface area contributed by atoms with Gasteiger partial charge >= 0.3 is 0 Å². The molecule has 0 bridgehead atoms. The number of hydrogen-bond donors (Lipinski definition) is 3. The van der Waals surface area contributed by atoms with Crippen LogP contribution in [0.3, 0.4) is 0 Å². The van der Waals surface area contributed by atoms with Crippen LogP contribution in [-0.2, 0) is 4.79 Å². The van der Waals surface area contributed by atoms with Gasteiger partial charge in [0.05, 0.1) is 32.7 Å². The molecule has 0 heterocycles. The van der Waals surface area contributed by atoms with E-state index in [-0.39, 0.29) is 5.91 Å². The van der Waals surface area contributed by atoms with E-state index in [1.807, 2.05) is 48.5 Å². The highest BCUT2D eigenvalue weighted by Gasteiger charge is 2.13. The SMILES string of the molecule is COc1cc(Nc2ccc(C=CC(=O)Nc3ccccc3N)cc2)cc(OC)c1OC. The molecule has 0 fully saturated rings. The summed E-state index contributed by atoms with van der Waals surface area (Å²) in [5.41, 5.74) is 9.48. The number of ether oxygens (including phenoxy) is 3. The Bertz CT molecular complexity index is 1050. The summed E-state index contributed by atoms with van der Waals surface area (Å²) in [5, 5.41) is 6.06. The summed E-state index contributed by atoms with van der Waals surface area (Å²) in [5.74, 6) is 1.41. The normalized spacial score (nSPS) is 10.5. The van der Waals surface area contributed by atoms with Gasteiger partial charge in [-0.25, -0.2) is 0 Å². The zero-order valence-electron chi connectivity index (χ0n) is 17.6. The lowest BCUT2D eigenvalue weighted by atomic mass is 10.1. The Hall–Kier alpha value is -4.13. The molecule has 3 rings (SSSR count). The van der Waals surface area contributed by atoms with Crippen LogP contribution in [0.4, 0.5) is 22.7 Å². The molecule has 0 aromatic heterocycles. The van der Waals surface area contributed by atoms with Gasteiger partial charge in [-0.1, -0.05) is 24.3 Å². The molecule has 160 valence electrons. The largest absolute Gasteiger partial charge is 0.493 e. The van der Waals surface area contributed by atoms with E-state index >= 15 is 0 Å². The average molecular weight is 419 g/mol. The van der Waals surface area contributed by atoms with Gasteiger partial charge in [0.2, 0.25) is 11.7 Å². The van der Waals surface area contributed by atoms with Crippen LogP contribution < -0.4 is 30.6 Å². The molecular weight excluding hydrogens is 394 g/mol. The summed E-state index contributed by atoms with van der Waals surface area (Å²) in [6.45, 7) is 0. The lowest BCUT2D eigenvalue weighted by Crippen LogP contribution is -2.09. The third-order valence-electron chi connectivity index (χ3n) is 4.51. The first kappa shape index (κ1) is 21.6. The van der Waals surface area contributed by atoms with E-state index in [0.29, 0.717) is 28.6 Å². The molecular formula is C24H25N3O4. The van der Waals surface area contributed by atoms with Gasteiger partial charge in [-0.2, -0.15) is 0 Å². The number of para-hydroxylation sites is 2. The predicted molar refractivity (Wildman–Crippen MR) is 124 cm³/mol. The fraction of sp³-hybridized carbons (Fsp3) is 0.125. The number of amides is 1. The third kappa shape index (κ3) is 5.48. The van der Waals surface area contributed by atoms with Crippen LogP contribution in [-0.4, -0.2) is 27.2 Å². The van der Waals surface area contributed by atoms with Gasteiger partial charge < -0.3 is 30.6 Å². The number of anilines is 4. The van der Waals surface area contributed by atoms with Crippen LogP contribution in [0.5, 0.6) is 17.2 Å². The molecule has 7 nitrogen and oxygen atoms in total. The molecule has 4 N–H and O–H groups in total. The molecule has 0 radical (unpaired) electrons. The van der Waals surface area contributed by atoms with Crippen molar-refractivity contribution >= 4 is 34.7 Å². The highest BCUT2D eigenvalue weighted by atomic mass is 16.5. The molecule has 0 spiro atoms. The number of carbonyl (C=O) groups excluding carboxylic acids is 1. The summed E-state index contributed by atoms with van der Waals surface area (Å²) in [7, 11) is 4.71. The Morgan fingerprint density at radius 1 is 0.871 bits per heavy atom. The molecule has 3 aromatic rings. The van der Waals surface area contributed by atoms with Gasteiger partial charge in [0.15, 0.2) is 11.5 Å². The number of rotatable bonds is 8. The topological polar surface area (TPSA) is 94.8 Å². The summed E-state index contributed by atoms with van der Waals surface area (Å²) in [4.78, 5) is 12.1.